The van der Waals surface area contributed by atoms with Crippen LogP contribution in [0.25, 0.3) is 0 Å². The number of benzene rings is 1. The summed E-state index contributed by atoms with van der Waals surface area (Å²) in [5, 5.41) is 0. The van der Waals surface area contributed by atoms with Crippen molar-refractivity contribution in [1.82, 2.24) is 0 Å². The van der Waals surface area contributed by atoms with Crippen LogP contribution < -0.4 is 0 Å². The van der Waals surface area contributed by atoms with Crippen molar-refractivity contribution >= 4 is 11.6 Å². The van der Waals surface area contributed by atoms with Gasteiger partial charge < -0.3 is 0 Å². The first-order valence-corrected chi connectivity index (χ1v) is 7.80. The van der Waals surface area contributed by atoms with Crippen LogP contribution in [0.5, 0.6) is 0 Å². The van der Waals surface area contributed by atoms with E-state index in [4.69, 9.17) is 0 Å². The molecule has 0 aromatic heterocycles. The average molecular weight is 272 g/mol. The number of rotatable bonds is 6. The largest absolute Gasteiger partial charge is 0.300 e. The Hall–Kier alpha value is -1.44. The van der Waals surface area contributed by atoms with Gasteiger partial charge in [0.25, 0.3) is 0 Å². The van der Waals surface area contributed by atoms with Crippen molar-refractivity contribution in [3.05, 3.63) is 35.9 Å². The lowest BCUT2D eigenvalue weighted by atomic mass is 9.82. The zero-order chi connectivity index (χ0) is 14.4. The maximum absolute atomic E-state index is 12.4. The van der Waals surface area contributed by atoms with Crippen molar-refractivity contribution in [1.29, 1.82) is 0 Å². The third-order valence-electron chi connectivity index (χ3n) is 4.38. The molecular formula is C18H24O2. The van der Waals surface area contributed by atoms with E-state index in [9.17, 15) is 9.59 Å². The monoisotopic (exact) mass is 272 g/mol. The standard InChI is InChI=1S/C18H24O2/c1-2-17(15-8-4-3-5-9-15)18(20)12-11-14-7-6-10-16(19)13-14/h3-5,8-9,14,17H,2,6-7,10-13H2,1H3. The Morgan fingerprint density at radius 1 is 1.30 bits per heavy atom. The summed E-state index contributed by atoms with van der Waals surface area (Å²) in [6.45, 7) is 2.07. The summed E-state index contributed by atoms with van der Waals surface area (Å²) in [6, 6.07) is 10.0. The quantitative estimate of drug-likeness (QED) is 0.774. The second-order valence-electron chi connectivity index (χ2n) is 5.88. The zero-order valence-corrected chi connectivity index (χ0v) is 12.3. The number of Topliss-reactive ketones (excluding diaryl/α,β-unsaturated/α-hetero) is 2. The molecule has 108 valence electrons. The Labute approximate surface area is 121 Å². The predicted octanol–water partition coefficient (Wildman–Crippen LogP) is 4.29. The Kier molecular flexibility index (Phi) is 5.51. The lowest BCUT2D eigenvalue weighted by Crippen LogP contribution is -2.18. The molecule has 1 saturated carbocycles. The minimum Gasteiger partial charge on any atom is -0.300 e. The van der Waals surface area contributed by atoms with E-state index in [0.717, 1.165) is 37.7 Å². The van der Waals surface area contributed by atoms with Crippen molar-refractivity contribution in [2.45, 2.75) is 57.8 Å². The van der Waals surface area contributed by atoms with E-state index in [1.807, 2.05) is 30.3 Å². The highest BCUT2D eigenvalue weighted by Gasteiger charge is 2.23. The van der Waals surface area contributed by atoms with Crippen molar-refractivity contribution in [3.8, 4) is 0 Å². The van der Waals surface area contributed by atoms with Gasteiger partial charge in [0.15, 0.2) is 0 Å². The number of ketones is 2. The van der Waals surface area contributed by atoms with Gasteiger partial charge in [-0.25, -0.2) is 0 Å². The fourth-order valence-electron chi connectivity index (χ4n) is 3.22. The molecule has 1 aromatic carbocycles. The van der Waals surface area contributed by atoms with E-state index in [1.165, 1.54) is 0 Å². The van der Waals surface area contributed by atoms with E-state index in [2.05, 4.69) is 6.92 Å². The Morgan fingerprint density at radius 3 is 2.70 bits per heavy atom. The van der Waals surface area contributed by atoms with Crippen molar-refractivity contribution in [2.75, 3.05) is 0 Å². The van der Waals surface area contributed by atoms with Gasteiger partial charge in [0.1, 0.15) is 11.6 Å². The van der Waals surface area contributed by atoms with Crippen LogP contribution in [-0.4, -0.2) is 11.6 Å². The van der Waals surface area contributed by atoms with Crippen LogP contribution in [0.15, 0.2) is 30.3 Å². The summed E-state index contributed by atoms with van der Waals surface area (Å²) in [5.41, 5.74) is 1.12. The lowest BCUT2D eigenvalue weighted by molar-refractivity contribution is -0.123. The summed E-state index contributed by atoms with van der Waals surface area (Å²) in [4.78, 5) is 23.9. The van der Waals surface area contributed by atoms with Crippen LogP contribution >= 0.6 is 0 Å². The Balaban J connectivity index is 1.88. The third kappa shape index (κ3) is 4.03. The van der Waals surface area contributed by atoms with Gasteiger partial charge >= 0.3 is 0 Å². The topological polar surface area (TPSA) is 34.1 Å². The average Bonchev–Trinajstić information content (AvgIpc) is 2.47. The van der Waals surface area contributed by atoms with Crippen molar-refractivity contribution in [2.24, 2.45) is 5.92 Å². The number of hydrogen-bond donors (Lipinski definition) is 0. The van der Waals surface area contributed by atoms with Crippen LogP contribution in [0.1, 0.15) is 63.4 Å². The van der Waals surface area contributed by atoms with E-state index in [0.29, 0.717) is 30.3 Å². The molecule has 0 saturated heterocycles. The molecule has 1 aromatic rings. The molecular weight excluding hydrogens is 248 g/mol. The molecule has 2 heteroatoms. The highest BCUT2D eigenvalue weighted by molar-refractivity contribution is 5.85. The number of carbonyl (C=O) groups excluding carboxylic acids is 2. The number of carbonyl (C=O) groups is 2. The molecule has 0 aliphatic heterocycles. The van der Waals surface area contributed by atoms with Crippen LogP contribution in [0, 0.1) is 5.92 Å². The van der Waals surface area contributed by atoms with Crippen LogP contribution in [0.3, 0.4) is 0 Å². The molecule has 2 unspecified atom stereocenters. The first kappa shape index (κ1) is 15.0. The summed E-state index contributed by atoms with van der Waals surface area (Å²) in [7, 11) is 0. The second-order valence-corrected chi connectivity index (χ2v) is 5.88. The van der Waals surface area contributed by atoms with Crippen molar-refractivity contribution in [3.63, 3.8) is 0 Å². The molecule has 0 amide bonds. The molecule has 2 atom stereocenters. The SMILES string of the molecule is CCC(C(=O)CCC1CCCC(=O)C1)c1ccccc1. The minimum absolute atomic E-state index is 0.0236. The number of hydrogen-bond acceptors (Lipinski definition) is 2. The molecule has 20 heavy (non-hydrogen) atoms. The van der Waals surface area contributed by atoms with Crippen LogP contribution in [0.4, 0.5) is 0 Å². The highest BCUT2D eigenvalue weighted by atomic mass is 16.1. The van der Waals surface area contributed by atoms with Gasteiger partial charge in [-0.1, -0.05) is 37.3 Å². The molecule has 0 bridgehead atoms. The predicted molar refractivity (Wildman–Crippen MR) is 80.7 cm³/mol. The molecule has 0 heterocycles. The second kappa shape index (κ2) is 7.37. The molecule has 0 N–H and O–H groups in total. The highest BCUT2D eigenvalue weighted by Crippen LogP contribution is 2.28. The summed E-state index contributed by atoms with van der Waals surface area (Å²) >= 11 is 0. The van der Waals surface area contributed by atoms with Crippen LogP contribution in [0.2, 0.25) is 0 Å². The fourth-order valence-corrected chi connectivity index (χ4v) is 3.22. The van der Waals surface area contributed by atoms with E-state index in [-0.39, 0.29) is 5.92 Å². The van der Waals surface area contributed by atoms with E-state index >= 15 is 0 Å². The van der Waals surface area contributed by atoms with Gasteiger partial charge in [-0.2, -0.15) is 0 Å². The van der Waals surface area contributed by atoms with Gasteiger partial charge in [0.05, 0.1) is 0 Å². The summed E-state index contributed by atoms with van der Waals surface area (Å²) in [6.07, 6.45) is 5.90. The lowest BCUT2D eigenvalue weighted by Gasteiger charge is -2.21. The molecule has 0 radical (unpaired) electrons. The molecule has 2 nitrogen and oxygen atoms in total. The Bertz CT molecular complexity index is 450. The zero-order valence-electron chi connectivity index (χ0n) is 12.3. The maximum Gasteiger partial charge on any atom is 0.140 e. The molecule has 1 aliphatic carbocycles. The van der Waals surface area contributed by atoms with E-state index in [1.54, 1.807) is 0 Å². The van der Waals surface area contributed by atoms with E-state index < -0.39 is 0 Å². The minimum atomic E-state index is 0.0236. The summed E-state index contributed by atoms with van der Waals surface area (Å²) in [5.74, 6) is 1.17. The normalized spacial score (nSPS) is 20.6. The van der Waals surface area contributed by atoms with Crippen molar-refractivity contribution < 1.29 is 9.59 Å². The Morgan fingerprint density at radius 2 is 2.05 bits per heavy atom. The molecule has 2 rings (SSSR count). The maximum atomic E-state index is 12.4. The third-order valence-corrected chi connectivity index (χ3v) is 4.38. The molecule has 1 fully saturated rings. The van der Waals surface area contributed by atoms with Gasteiger partial charge in [-0.3, -0.25) is 9.59 Å². The smallest absolute Gasteiger partial charge is 0.140 e. The fraction of sp³-hybridized carbons (Fsp3) is 0.556. The molecule has 0 spiro atoms. The van der Waals surface area contributed by atoms with Gasteiger partial charge in [-0.15, -0.1) is 0 Å². The summed E-state index contributed by atoms with van der Waals surface area (Å²) < 4.78 is 0. The van der Waals surface area contributed by atoms with Gasteiger partial charge in [0, 0.05) is 25.2 Å². The van der Waals surface area contributed by atoms with Gasteiger partial charge in [0.2, 0.25) is 0 Å². The van der Waals surface area contributed by atoms with Crippen LogP contribution in [-0.2, 0) is 9.59 Å². The van der Waals surface area contributed by atoms with Gasteiger partial charge in [-0.05, 0) is 37.2 Å². The molecule has 1 aliphatic rings. The first-order valence-electron chi connectivity index (χ1n) is 7.80. The first-order chi connectivity index (χ1) is 9.70.